The van der Waals surface area contributed by atoms with Gasteiger partial charge in [-0.2, -0.15) is 0 Å². The molecule has 0 saturated carbocycles. The molecule has 0 atom stereocenters. The van der Waals surface area contributed by atoms with Crippen LogP contribution in [0.2, 0.25) is 0 Å². The Morgan fingerprint density at radius 1 is 1.12 bits per heavy atom. The molecule has 126 valence electrons. The Morgan fingerprint density at radius 2 is 1.83 bits per heavy atom. The molecule has 0 spiro atoms. The molecule has 2 amide bonds. The second-order valence-electron chi connectivity index (χ2n) is 5.69. The van der Waals surface area contributed by atoms with Crippen LogP contribution in [0.3, 0.4) is 0 Å². The third-order valence-electron chi connectivity index (χ3n) is 3.32. The lowest BCUT2D eigenvalue weighted by Gasteiger charge is -2.12. The van der Waals surface area contributed by atoms with Gasteiger partial charge in [-0.05, 0) is 36.8 Å². The van der Waals surface area contributed by atoms with E-state index in [9.17, 15) is 9.59 Å². The number of rotatable bonds is 6. The molecule has 0 fully saturated rings. The van der Waals surface area contributed by atoms with Gasteiger partial charge in [0, 0.05) is 34.6 Å². The average molecular weight is 343 g/mol. The molecule has 0 bridgehead atoms. The normalized spacial score (nSPS) is 10.5. The fraction of sp³-hybridized carbons (Fsp3) is 0.278. The zero-order valence-electron chi connectivity index (χ0n) is 14.0. The van der Waals surface area contributed by atoms with E-state index < -0.39 is 0 Å². The number of aromatic nitrogens is 1. The highest BCUT2D eigenvalue weighted by atomic mass is 32.2. The predicted molar refractivity (Wildman–Crippen MR) is 98.2 cm³/mol. The molecule has 1 aromatic heterocycles. The predicted octanol–water partition coefficient (Wildman–Crippen LogP) is 3.72. The van der Waals surface area contributed by atoms with Crippen LogP contribution in [0.4, 0.5) is 11.4 Å². The zero-order chi connectivity index (χ0) is 17.5. The molecule has 24 heavy (non-hydrogen) atoms. The monoisotopic (exact) mass is 343 g/mol. The van der Waals surface area contributed by atoms with Crippen LogP contribution in [0.15, 0.2) is 47.6 Å². The third-order valence-corrected chi connectivity index (χ3v) is 4.34. The quantitative estimate of drug-likeness (QED) is 0.784. The van der Waals surface area contributed by atoms with Gasteiger partial charge in [-0.1, -0.05) is 19.9 Å². The highest BCUT2D eigenvalue weighted by molar-refractivity contribution is 8.00. The fourth-order valence-electron chi connectivity index (χ4n) is 1.89. The topological polar surface area (TPSA) is 71.1 Å². The lowest BCUT2D eigenvalue weighted by molar-refractivity contribution is -0.119. The van der Waals surface area contributed by atoms with Crippen molar-refractivity contribution < 1.29 is 9.59 Å². The van der Waals surface area contributed by atoms with Gasteiger partial charge in [0.2, 0.25) is 11.8 Å². The first-order valence-electron chi connectivity index (χ1n) is 7.70. The Kier molecular flexibility index (Phi) is 6.37. The van der Waals surface area contributed by atoms with Crippen LogP contribution in [0.1, 0.15) is 19.4 Å². The molecule has 0 unspecified atom stereocenters. The summed E-state index contributed by atoms with van der Waals surface area (Å²) in [6.45, 7) is 5.59. The summed E-state index contributed by atoms with van der Waals surface area (Å²) in [4.78, 5) is 28.9. The average Bonchev–Trinajstić information content (AvgIpc) is 2.57. The zero-order valence-corrected chi connectivity index (χ0v) is 14.8. The van der Waals surface area contributed by atoms with Gasteiger partial charge in [-0.3, -0.25) is 14.6 Å². The highest BCUT2D eigenvalue weighted by Gasteiger charge is 2.10. The largest absolute Gasteiger partial charge is 0.326 e. The molecule has 0 radical (unpaired) electrons. The molecule has 2 N–H and O–H groups in total. The van der Waals surface area contributed by atoms with Crippen molar-refractivity contribution in [3.63, 3.8) is 0 Å². The summed E-state index contributed by atoms with van der Waals surface area (Å²) >= 11 is 1.45. The van der Waals surface area contributed by atoms with Crippen molar-refractivity contribution in [1.29, 1.82) is 0 Å². The van der Waals surface area contributed by atoms with Crippen molar-refractivity contribution in [3.05, 3.63) is 48.3 Å². The van der Waals surface area contributed by atoms with E-state index in [-0.39, 0.29) is 17.7 Å². The van der Waals surface area contributed by atoms with E-state index >= 15 is 0 Å². The molecule has 2 rings (SSSR count). The molecule has 2 aromatic rings. The van der Waals surface area contributed by atoms with Crippen molar-refractivity contribution in [2.45, 2.75) is 25.7 Å². The van der Waals surface area contributed by atoms with Crippen LogP contribution in [0, 0.1) is 12.8 Å². The number of anilines is 2. The van der Waals surface area contributed by atoms with E-state index in [1.54, 1.807) is 18.5 Å². The van der Waals surface area contributed by atoms with Crippen molar-refractivity contribution in [1.82, 2.24) is 4.98 Å². The number of amides is 2. The summed E-state index contributed by atoms with van der Waals surface area (Å²) in [5.74, 6) is 0.0733. The van der Waals surface area contributed by atoms with Gasteiger partial charge in [0.25, 0.3) is 0 Å². The van der Waals surface area contributed by atoms with Crippen LogP contribution in [-0.2, 0) is 9.59 Å². The van der Waals surface area contributed by atoms with Crippen molar-refractivity contribution in [3.8, 4) is 0 Å². The number of hydrogen-bond donors (Lipinski definition) is 2. The summed E-state index contributed by atoms with van der Waals surface area (Å²) in [5.41, 5.74) is 2.33. The van der Waals surface area contributed by atoms with Gasteiger partial charge in [0.15, 0.2) is 0 Å². The number of aryl methyl sites for hydroxylation is 1. The summed E-state index contributed by atoms with van der Waals surface area (Å²) in [6, 6.07) is 9.22. The fourth-order valence-corrected chi connectivity index (χ4v) is 2.57. The smallest absolute Gasteiger partial charge is 0.234 e. The number of pyridine rings is 1. The van der Waals surface area contributed by atoms with E-state index in [4.69, 9.17) is 0 Å². The maximum atomic E-state index is 12.1. The number of hydrogen-bond acceptors (Lipinski definition) is 4. The van der Waals surface area contributed by atoms with E-state index in [1.807, 2.05) is 45.0 Å². The number of nitrogens with one attached hydrogen (secondary N) is 2. The van der Waals surface area contributed by atoms with Crippen LogP contribution in [0.25, 0.3) is 0 Å². The Labute approximate surface area is 146 Å². The number of thioether (sulfide) groups is 1. The lowest BCUT2D eigenvalue weighted by Crippen LogP contribution is -2.18. The molecular weight excluding hydrogens is 322 g/mol. The molecule has 6 heteroatoms. The van der Waals surface area contributed by atoms with E-state index in [2.05, 4.69) is 15.6 Å². The minimum absolute atomic E-state index is 0.0515. The van der Waals surface area contributed by atoms with Gasteiger partial charge in [-0.15, -0.1) is 11.8 Å². The molecule has 0 saturated heterocycles. The number of benzene rings is 1. The van der Waals surface area contributed by atoms with Gasteiger partial charge >= 0.3 is 0 Å². The Balaban J connectivity index is 1.97. The number of carbonyl (C=O) groups excluding carboxylic acids is 2. The second-order valence-corrected chi connectivity index (χ2v) is 6.74. The lowest BCUT2D eigenvalue weighted by atomic mass is 10.1. The first-order chi connectivity index (χ1) is 11.5. The highest BCUT2D eigenvalue weighted by Crippen LogP contribution is 2.22. The van der Waals surface area contributed by atoms with E-state index in [1.165, 1.54) is 11.8 Å². The van der Waals surface area contributed by atoms with Crippen LogP contribution >= 0.6 is 11.8 Å². The first-order valence-corrected chi connectivity index (χ1v) is 8.68. The van der Waals surface area contributed by atoms with Gasteiger partial charge < -0.3 is 10.6 Å². The van der Waals surface area contributed by atoms with Crippen molar-refractivity contribution in [2.24, 2.45) is 5.92 Å². The minimum Gasteiger partial charge on any atom is -0.326 e. The van der Waals surface area contributed by atoms with Crippen LogP contribution in [-0.4, -0.2) is 22.6 Å². The molecule has 0 aliphatic heterocycles. The maximum Gasteiger partial charge on any atom is 0.234 e. The summed E-state index contributed by atoms with van der Waals surface area (Å²) in [7, 11) is 0. The van der Waals surface area contributed by atoms with Gasteiger partial charge in [-0.25, -0.2) is 0 Å². The van der Waals surface area contributed by atoms with Crippen molar-refractivity contribution >= 4 is 35.0 Å². The van der Waals surface area contributed by atoms with Crippen LogP contribution < -0.4 is 10.6 Å². The SMILES string of the molecule is Cc1ccc(NC(=O)C(C)C)cc1NC(=O)CSc1ccncc1. The maximum absolute atomic E-state index is 12.1. The number of carbonyl (C=O) groups is 2. The molecular formula is C18H21N3O2S. The van der Waals surface area contributed by atoms with Gasteiger partial charge in [0.1, 0.15) is 0 Å². The summed E-state index contributed by atoms with van der Waals surface area (Å²) < 4.78 is 0. The van der Waals surface area contributed by atoms with Gasteiger partial charge in [0.05, 0.1) is 5.75 Å². The van der Waals surface area contributed by atoms with Crippen molar-refractivity contribution in [2.75, 3.05) is 16.4 Å². The summed E-state index contributed by atoms with van der Waals surface area (Å²) in [6.07, 6.45) is 3.40. The summed E-state index contributed by atoms with van der Waals surface area (Å²) in [5, 5.41) is 5.73. The minimum atomic E-state index is -0.0962. The standard InChI is InChI=1S/C18H21N3O2S/c1-12(2)18(23)20-14-5-4-13(3)16(10-14)21-17(22)11-24-15-6-8-19-9-7-15/h4-10,12H,11H2,1-3H3,(H,20,23)(H,21,22). The van der Waals surface area contributed by atoms with E-state index in [0.29, 0.717) is 17.1 Å². The Bertz CT molecular complexity index is 717. The number of nitrogens with zero attached hydrogens (tertiary/aromatic N) is 1. The second kappa shape index (κ2) is 8.49. The molecule has 0 aliphatic rings. The van der Waals surface area contributed by atoms with E-state index in [0.717, 1.165) is 10.5 Å². The Morgan fingerprint density at radius 3 is 2.50 bits per heavy atom. The molecule has 1 aromatic carbocycles. The molecule has 0 aliphatic carbocycles. The first kappa shape index (κ1) is 18.0. The molecule has 5 nitrogen and oxygen atoms in total. The Hall–Kier alpha value is -2.34. The molecule has 1 heterocycles. The third kappa shape index (κ3) is 5.38. The van der Waals surface area contributed by atoms with Crippen LogP contribution in [0.5, 0.6) is 0 Å².